The number of fused-ring (bicyclic) bond motifs is 6. The Kier molecular flexibility index (Phi) is 6.91. The van der Waals surface area contributed by atoms with Gasteiger partial charge in [0.2, 0.25) is 0 Å². The molecule has 244 valence electrons. The number of hydrogen-bond donors (Lipinski definition) is 0. The Bertz CT molecular complexity index is 2580. The molecule has 0 aliphatic carbocycles. The van der Waals surface area contributed by atoms with Crippen molar-refractivity contribution in [2.24, 2.45) is 0 Å². The van der Waals surface area contributed by atoms with Gasteiger partial charge in [-0.15, -0.1) is 0 Å². The van der Waals surface area contributed by atoms with Crippen LogP contribution in [0, 0.1) is 18.6 Å². The second kappa shape index (κ2) is 10.9. The van der Waals surface area contributed by atoms with Crippen LogP contribution in [0.1, 0.15) is 58.2 Å². The highest BCUT2D eigenvalue weighted by molar-refractivity contribution is 6.11. The van der Waals surface area contributed by atoms with Crippen molar-refractivity contribution in [2.45, 2.75) is 59.3 Å². The van der Waals surface area contributed by atoms with E-state index >= 15 is 8.78 Å². The molecule has 0 saturated heterocycles. The van der Waals surface area contributed by atoms with E-state index in [0.717, 1.165) is 49.8 Å². The van der Waals surface area contributed by atoms with Gasteiger partial charge in [0.15, 0.2) is 0 Å². The molecule has 0 atom stereocenters. The number of benzene rings is 6. The Hall–Kier alpha value is -5.22. The normalized spacial score (nSPS) is 12.6. The fourth-order valence-corrected chi connectivity index (χ4v) is 7.56. The zero-order valence-corrected chi connectivity index (χ0v) is 29.1. The highest BCUT2D eigenvalue weighted by Gasteiger charge is 2.26. The van der Waals surface area contributed by atoms with Gasteiger partial charge in [-0.25, -0.2) is 8.78 Å². The largest absolute Gasteiger partial charge is 0.309 e. The predicted molar refractivity (Wildman–Crippen MR) is 203 cm³/mol. The molecule has 0 aliphatic heterocycles. The Labute approximate surface area is 286 Å². The van der Waals surface area contributed by atoms with Crippen molar-refractivity contribution in [3.63, 3.8) is 0 Å². The first-order chi connectivity index (χ1) is 23.3. The first-order valence-electron chi connectivity index (χ1n) is 17.0. The Morgan fingerprint density at radius 2 is 0.939 bits per heavy atom. The van der Waals surface area contributed by atoms with Crippen LogP contribution in [0.15, 0.2) is 115 Å². The number of nitrogens with zero attached hydrogens (tertiary/aromatic N) is 2. The molecule has 0 spiro atoms. The summed E-state index contributed by atoms with van der Waals surface area (Å²) in [5.74, 6) is -1.17. The van der Waals surface area contributed by atoms with Crippen LogP contribution < -0.4 is 0 Å². The molecule has 0 fully saturated rings. The smallest absolute Gasteiger partial charge is 0.134 e. The van der Waals surface area contributed by atoms with E-state index in [2.05, 4.69) is 136 Å². The van der Waals surface area contributed by atoms with Gasteiger partial charge in [-0.2, -0.15) is 0 Å². The maximum atomic E-state index is 15.8. The van der Waals surface area contributed by atoms with Gasteiger partial charge in [-0.05, 0) is 95.1 Å². The average Bonchev–Trinajstić information content (AvgIpc) is 3.56. The number of para-hydroxylation sites is 2. The zero-order valence-electron chi connectivity index (χ0n) is 29.1. The number of aromatic nitrogens is 2. The summed E-state index contributed by atoms with van der Waals surface area (Å²) in [6.45, 7) is 15.4. The number of halogens is 2. The SMILES string of the molecule is Cc1c(-n2c3ccccc3c3cc(C(C)(C)C)ccc32)ccc(-c2c(F)cccc2F)c1-n1c2ccccc2c2cc(C(C)(C)C)ccc21. The van der Waals surface area contributed by atoms with E-state index in [4.69, 9.17) is 0 Å². The topological polar surface area (TPSA) is 9.86 Å². The molecule has 2 nitrogen and oxygen atoms in total. The van der Waals surface area contributed by atoms with Crippen LogP contribution in [0.3, 0.4) is 0 Å². The summed E-state index contributed by atoms with van der Waals surface area (Å²) in [5.41, 5.74) is 9.72. The molecule has 0 bridgehead atoms. The third-order valence-corrected chi connectivity index (χ3v) is 10.2. The average molecular weight is 647 g/mol. The van der Waals surface area contributed by atoms with Gasteiger partial charge in [0.1, 0.15) is 11.6 Å². The highest BCUT2D eigenvalue weighted by Crippen LogP contribution is 2.44. The van der Waals surface area contributed by atoms with Gasteiger partial charge in [-0.1, -0.05) is 96.1 Å². The molecular weight excluding hydrogens is 607 g/mol. The van der Waals surface area contributed by atoms with Crippen LogP contribution in [-0.4, -0.2) is 9.13 Å². The van der Waals surface area contributed by atoms with E-state index in [1.807, 2.05) is 18.2 Å². The van der Waals surface area contributed by atoms with E-state index in [0.29, 0.717) is 5.56 Å². The minimum atomic E-state index is -0.587. The molecule has 0 aliphatic rings. The molecule has 0 unspecified atom stereocenters. The predicted octanol–water partition coefficient (Wildman–Crippen LogP) is 12.7. The monoisotopic (exact) mass is 646 g/mol. The summed E-state index contributed by atoms with van der Waals surface area (Å²) >= 11 is 0. The summed E-state index contributed by atoms with van der Waals surface area (Å²) < 4.78 is 36.1. The molecule has 0 radical (unpaired) electrons. The van der Waals surface area contributed by atoms with Gasteiger partial charge < -0.3 is 9.13 Å². The van der Waals surface area contributed by atoms with E-state index in [1.165, 1.54) is 40.1 Å². The molecule has 0 N–H and O–H groups in total. The lowest BCUT2D eigenvalue weighted by Gasteiger charge is -2.22. The summed E-state index contributed by atoms with van der Waals surface area (Å²) in [6.07, 6.45) is 0. The van der Waals surface area contributed by atoms with Gasteiger partial charge in [0.25, 0.3) is 0 Å². The number of hydrogen-bond acceptors (Lipinski definition) is 0. The Balaban J connectivity index is 1.53. The van der Waals surface area contributed by atoms with Gasteiger partial charge in [0, 0.05) is 27.1 Å². The molecule has 2 heterocycles. The molecule has 6 aromatic carbocycles. The lowest BCUT2D eigenvalue weighted by Crippen LogP contribution is -2.11. The highest BCUT2D eigenvalue weighted by atomic mass is 19.1. The van der Waals surface area contributed by atoms with Gasteiger partial charge in [-0.3, -0.25) is 0 Å². The molecule has 0 saturated carbocycles. The van der Waals surface area contributed by atoms with E-state index in [1.54, 1.807) is 0 Å². The molecule has 2 aromatic heterocycles. The third kappa shape index (κ3) is 4.80. The lowest BCUT2D eigenvalue weighted by molar-refractivity contribution is 0.589. The summed E-state index contributed by atoms with van der Waals surface area (Å²) in [7, 11) is 0. The van der Waals surface area contributed by atoms with Crippen molar-refractivity contribution in [1.29, 1.82) is 0 Å². The minimum Gasteiger partial charge on any atom is -0.309 e. The van der Waals surface area contributed by atoms with Crippen LogP contribution in [0.4, 0.5) is 8.78 Å². The van der Waals surface area contributed by atoms with Crippen LogP contribution >= 0.6 is 0 Å². The molecule has 0 amide bonds. The van der Waals surface area contributed by atoms with E-state index < -0.39 is 11.6 Å². The minimum absolute atomic E-state index is 0.00462. The second-order valence-corrected chi connectivity index (χ2v) is 15.4. The molecule has 4 heteroatoms. The summed E-state index contributed by atoms with van der Waals surface area (Å²) in [4.78, 5) is 0. The molecular formula is C45H40F2N2. The van der Waals surface area contributed by atoms with Crippen LogP contribution in [-0.2, 0) is 10.8 Å². The van der Waals surface area contributed by atoms with E-state index in [-0.39, 0.29) is 16.4 Å². The summed E-state index contributed by atoms with van der Waals surface area (Å²) in [6, 6.07) is 38.2. The quantitative estimate of drug-likeness (QED) is 0.181. The number of rotatable bonds is 3. The standard InChI is InChI=1S/C45H40F2N2/c1-27-37(48-38-17-10-8-13-30(38)33-25-28(44(2,3)4)19-22-40(33)48)24-21-32(42-35(46)15-12-16-36(42)47)43(27)49-39-18-11-9-14-31(39)34-26-29(45(5,6)7)20-23-41(34)49/h8-26H,1-7H3. The fraction of sp³-hybridized carbons (Fsp3) is 0.200. The Morgan fingerprint density at radius 1 is 0.469 bits per heavy atom. The van der Waals surface area contributed by atoms with Crippen molar-refractivity contribution >= 4 is 43.6 Å². The van der Waals surface area contributed by atoms with Crippen molar-refractivity contribution < 1.29 is 8.78 Å². The second-order valence-electron chi connectivity index (χ2n) is 15.4. The summed E-state index contributed by atoms with van der Waals surface area (Å²) in [5, 5.41) is 4.56. The lowest BCUT2D eigenvalue weighted by atomic mass is 9.86. The van der Waals surface area contributed by atoms with Crippen LogP contribution in [0.2, 0.25) is 0 Å². The van der Waals surface area contributed by atoms with Gasteiger partial charge >= 0.3 is 0 Å². The van der Waals surface area contributed by atoms with Crippen LogP contribution in [0.25, 0.3) is 66.1 Å². The zero-order chi connectivity index (χ0) is 34.4. The van der Waals surface area contributed by atoms with Crippen LogP contribution in [0.5, 0.6) is 0 Å². The molecule has 8 rings (SSSR count). The van der Waals surface area contributed by atoms with Gasteiger partial charge in [0.05, 0.1) is 39.0 Å². The Morgan fingerprint density at radius 3 is 1.47 bits per heavy atom. The van der Waals surface area contributed by atoms with E-state index in [9.17, 15) is 0 Å². The fourth-order valence-electron chi connectivity index (χ4n) is 7.56. The van der Waals surface area contributed by atoms with Crippen molar-refractivity contribution in [2.75, 3.05) is 0 Å². The first-order valence-corrected chi connectivity index (χ1v) is 17.0. The maximum Gasteiger partial charge on any atom is 0.134 e. The maximum absolute atomic E-state index is 15.8. The van der Waals surface area contributed by atoms with Crippen molar-refractivity contribution in [3.8, 4) is 22.5 Å². The van der Waals surface area contributed by atoms with Crippen molar-refractivity contribution in [3.05, 3.63) is 144 Å². The van der Waals surface area contributed by atoms with Crippen molar-refractivity contribution in [1.82, 2.24) is 9.13 Å². The first kappa shape index (κ1) is 31.1. The molecule has 8 aromatic rings. The molecule has 49 heavy (non-hydrogen) atoms. The third-order valence-electron chi connectivity index (χ3n) is 10.2.